The molecule has 1 heterocycles. The van der Waals surface area contributed by atoms with Crippen molar-refractivity contribution >= 4 is 0 Å². The smallest absolute Gasteiger partial charge is 0.213 e. The van der Waals surface area contributed by atoms with E-state index in [1.165, 1.54) is 0 Å². The van der Waals surface area contributed by atoms with Gasteiger partial charge in [-0.1, -0.05) is 27.7 Å². The van der Waals surface area contributed by atoms with E-state index in [0.29, 0.717) is 5.88 Å². The van der Waals surface area contributed by atoms with Gasteiger partial charge >= 0.3 is 0 Å². The van der Waals surface area contributed by atoms with Crippen molar-refractivity contribution in [3.8, 4) is 5.88 Å². The number of aryl methyl sites for hydroxylation is 1. The van der Waals surface area contributed by atoms with Crippen LogP contribution in [0.15, 0.2) is 0 Å². The summed E-state index contributed by atoms with van der Waals surface area (Å²) < 4.78 is 1.71. The summed E-state index contributed by atoms with van der Waals surface area (Å²) in [5.74, 6) is 0.328. The zero-order valence-electron chi connectivity index (χ0n) is 10.6. The van der Waals surface area contributed by atoms with Crippen LogP contribution < -0.4 is 0 Å². The molecule has 0 bridgehead atoms. The zero-order chi connectivity index (χ0) is 11.8. The summed E-state index contributed by atoms with van der Waals surface area (Å²) in [6.07, 6.45) is 0.861. The molecule has 0 fully saturated rings. The maximum atomic E-state index is 10.1. The van der Waals surface area contributed by atoms with Gasteiger partial charge in [-0.15, -0.1) is 0 Å². The maximum absolute atomic E-state index is 10.1. The van der Waals surface area contributed by atoms with E-state index in [0.717, 1.165) is 17.7 Å². The van der Waals surface area contributed by atoms with Gasteiger partial charge in [-0.3, -0.25) is 0 Å². The summed E-state index contributed by atoms with van der Waals surface area (Å²) in [6, 6.07) is 0.200. The number of rotatable bonds is 2. The average Bonchev–Trinajstić information content (AvgIpc) is 2.41. The Morgan fingerprint density at radius 2 is 1.87 bits per heavy atom. The minimum atomic E-state index is -0.0530. The van der Waals surface area contributed by atoms with Crippen LogP contribution in [0.25, 0.3) is 0 Å². The molecule has 3 heteroatoms. The standard InChI is InChI=1S/C12H22N2O/c1-7-9-10(12(4,5)6)11(15)14(13-9)8(2)3/h8,15H,7H2,1-6H3. The summed E-state index contributed by atoms with van der Waals surface area (Å²) in [7, 11) is 0. The molecule has 0 atom stereocenters. The lowest BCUT2D eigenvalue weighted by atomic mass is 9.86. The number of hydrogen-bond donors (Lipinski definition) is 1. The lowest BCUT2D eigenvalue weighted by Gasteiger charge is -2.18. The molecule has 1 aromatic rings. The van der Waals surface area contributed by atoms with E-state index in [-0.39, 0.29) is 11.5 Å². The lowest BCUT2D eigenvalue weighted by molar-refractivity contribution is 0.365. The van der Waals surface area contributed by atoms with Gasteiger partial charge in [0.25, 0.3) is 0 Å². The van der Waals surface area contributed by atoms with Gasteiger partial charge in [0.05, 0.1) is 11.7 Å². The molecular formula is C12H22N2O. The van der Waals surface area contributed by atoms with Gasteiger partial charge in [-0.25, -0.2) is 4.68 Å². The van der Waals surface area contributed by atoms with Crippen LogP contribution in [0.2, 0.25) is 0 Å². The molecule has 0 aromatic carbocycles. The molecule has 0 radical (unpaired) electrons. The van der Waals surface area contributed by atoms with Crippen molar-refractivity contribution in [1.82, 2.24) is 9.78 Å². The third-order valence-corrected chi connectivity index (χ3v) is 2.53. The van der Waals surface area contributed by atoms with Gasteiger partial charge in [0, 0.05) is 5.56 Å². The van der Waals surface area contributed by atoms with Crippen LogP contribution in [0.3, 0.4) is 0 Å². The molecule has 86 valence electrons. The van der Waals surface area contributed by atoms with E-state index in [1.807, 2.05) is 13.8 Å². The van der Waals surface area contributed by atoms with Gasteiger partial charge in [0.2, 0.25) is 5.88 Å². The summed E-state index contributed by atoms with van der Waals surface area (Å²) in [5, 5.41) is 14.6. The van der Waals surface area contributed by atoms with Crippen LogP contribution >= 0.6 is 0 Å². The topological polar surface area (TPSA) is 38.0 Å². The molecule has 0 unspecified atom stereocenters. The highest BCUT2D eigenvalue weighted by atomic mass is 16.3. The normalized spacial score (nSPS) is 12.5. The van der Waals surface area contributed by atoms with E-state index >= 15 is 0 Å². The van der Waals surface area contributed by atoms with E-state index < -0.39 is 0 Å². The molecule has 0 amide bonds. The number of aromatic nitrogens is 2. The van der Waals surface area contributed by atoms with Crippen LogP contribution in [-0.4, -0.2) is 14.9 Å². The Morgan fingerprint density at radius 3 is 2.13 bits per heavy atom. The third-order valence-electron chi connectivity index (χ3n) is 2.53. The van der Waals surface area contributed by atoms with Crippen molar-refractivity contribution in [3.05, 3.63) is 11.3 Å². The summed E-state index contributed by atoms with van der Waals surface area (Å²) in [6.45, 7) is 12.4. The van der Waals surface area contributed by atoms with E-state index in [9.17, 15) is 5.11 Å². The van der Waals surface area contributed by atoms with Gasteiger partial charge in [0.15, 0.2) is 0 Å². The quantitative estimate of drug-likeness (QED) is 0.814. The van der Waals surface area contributed by atoms with Crippen LogP contribution in [0, 0.1) is 0 Å². The Hall–Kier alpha value is -0.990. The Morgan fingerprint density at radius 1 is 1.33 bits per heavy atom. The Balaban J connectivity index is 3.37. The van der Waals surface area contributed by atoms with Crippen molar-refractivity contribution in [2.45, 2.75) is 59.4 Å². The SMILES string of the molecule is CCc1nn(C(C)C)c(O)c1C(C)(C)C. The maximum Gasteiger partial charge on any atom is 0.213 e. The molecule has 0 saturated carbocycles. The minimum absolute atomic E-state index is 0.0530. The molecule has 1 rings (SSSR count). The molecule has 0 aliphatic rings. The second kappa shape index (κ2) is 3.87. The first-order valence-electron chi connectivity index (χ1n) is 5.59. The Kier molecular flexibility index (Phi) is 3.12. The average molecular weight is 210 g/mol. The first-order valence-corrected chi connectivity index (χ1v) is 5.59. The second-order valence-corrected chi connectivity index (χ2v) is 5.29. The third kappa shape index (κ3) is 2.16. The summed E-state index contributed by atoms with van der Waals surface area (Å²) in [5.41, 5.74) is 1.94. The summed E-state index contributed by atoms with van der Waals surface area (Å²) in [4.78, 5) is 0. The van der Waals surface area contributed by atoms with Gasteiger partial charge in [-0.2, -0.15) is 5.10 Å². The first kappa shape index (κ1) is 12.1. The number of hydrogen-bond acceptors (Lipinski definition) is 2. The van der Waals surface area contributed by atoms with Crippen molar-refractivity contribution in [3.63, 3.8) is 0 Å². The molecule has 15 heavy (non-hydrogen) atoms. The van der Waals surface area contributed by atoms with E-state index in [4.69, 9.17) is 0 Å². The minimum Gasteiger partial charge on any atom is -0.493 e. The molecule has 0 spiro atoms. The van der Waals surface area contributed by atoms with Crippen LogP contribution in [-0.2, 0) is 11.8 Å². The van der Waals surface area contributed by atoms with Crippen molar-refractivity contribution in [1.29, 1.82) is 0 Å². The Bertz CT molecular complexity index is 345. The van der Waals surface area contributed by atoms with Crippen LogP contribution in [0.5, 0.6) is 5.88 Å². The fourth-order valence-electron chi connectivity index (χ4n) is 1.85. The molecule has 0 aliphatic heterocycles. The molecule has 1 N–H and O–H groups in total. The first-order chi connectivity index (χ1) is 6.79. The fraction of sp³-hybridized carbons (Fsp3) is 0.750. The van der Waals surface area contributed by atoms with Crippen molar-refractivity contribution in [2.24, 2.45) is 0 Å². The molecule has 1 aromatic heterocycles. The number of nitrogens with zero attached hydrogens (tertiary/aromatic N) is 2. The molecular weight excluding hydrogens is 188 g/mol. The van der Waals surface area contributed by atoms with Crippen LogP contribution in [0.4, 0.5) is 0 Å². The van der Waals surface area contributed by atoms with Gasteiger partial charge < -0.3 is 5.11 Å². The molecule has 0 aliphatic carbocycles. The highest BCUT2D eigenvalue weighted by Gasteiger charge is 2.27. The van der Waals surface area contributed by atoms with E-state index in [1.54, 1.807) is 4.68 Å². The van der Waals surface area contributed by atoms with E-state index in [2.05, 4.69) is 32.8 Å². The van der Waals surface area contributed by atoms with Crippen LogP contribution in [0.1, 0.15) is 58.8 Å². The highest BCUT2D eigenvalue weighted by Crippen LogP contribution is 2.35. The fourth-order valence-corrected chi connectivity index (χ4v) is 1.85. The number of aromatic hydroxyl groups is 1. The Labute approximate surface area is 92.1 Å². The van der Waals surface area contributed by atoms with Crippen molar-refractivity contribution < 1.29 is 5.11 Å². The summed E-state index contributed by atoms with van der Waals surface area (Å²) >= 11 is 0. The predicted molar refractivity (Wildman–Crippen MR) is 62.4 cm³/mol. The van der Waals surface area contributed by atoms with Gasteiger partial charge in [-0.05, 0) is 25.7 Å². The van der Waals surface area contributed by atoms with Gasteiger partial charge in [0.1, 0.15) is 0 Å². The second-order valence-electron chi connectivity index (χ2n) is 5.29. The predicted octanol–water partition coefficient (Wildman–Crippen LogP) is 3.03. The zero-order valence-corrected chi connectivity index (χ0v) is 10.6. The molecule has 3 nitrogen and oxygen atoms in total. The largest absolute Gasteiger partial charge is 0.493 e. The monoisotopic (exact) mass is 210 g/mol. The van der Waals surface area contributed by atoms with Crippen molar-refractivity contribution in [2.75, 3.05) is 0 Å². The lowest BCUT2D eigenvalue weighted by Crippen LogP contribution is -2.13. The highest BCUT2D eigenvalue weighted by molar-refractivity contribution is 5.37. The molecule has 0 saturated heterocycles.